The molecule has 5 rings (SSSR count). The van der Waals surface area contributed by atoms with Gasteiger partial charge in [0.25, 0.3) is 0 Å². The average molecular weight is 468 g/mol. The summed E-state index contributed by atoms with van der Waals surface area (Å²) >= 11 is 0. The third-order valence-corrected chi connectivity index (χ3v) is 7.63. The lowest BCUT2D eigenvalue weighted by atomic mass is 9.75. The van der Waals surface area contributed by atoms with Gasteiger partial charge in [0.1, 0.15) is 11.5 Å². The maximum Gasteiger partial charge on any atom is 0.227 e. The molecule has 4 nitrogen and oxygen atoms in total. The molecule has 2 aliphatic rings. The highest BCUT2D eigenvalue weighted by molar-refractivity contribution is 5.84. The Hall–Kier alpha value is -3.53. The number of ether oxygens (including phenoxy) is 2. The van der Waals surface area contributed by atoms with Crippen LogP contribution in [0.25, 0.3) is 11.1 Å². The zero-order chi connectivity index (χ0) is 24.5. The minimum absolute atomic E-state index is 0.00898. The van der Waals surface area contributed by atoms with Crippen molar-refractivity contribution in [1.29, 1.82) is 0 Å². The molecule has 1 aliphatic carbocycles. The first kappa shape index (κ1) is 23.2. The van der Waals surface area contributed by atoms with E-state index < -0.39 is 0 Å². The summed E-state index contributed by atoms with van der Waals surface area (Å²) < 4.78 is 11.3. The van der Waals surface area contributed by atoms with Crippen LogP contribution in [-0.2, 0) is 11.3 Å². The smallest absolute Gasteiger partial charge is 0.227 e. The number of fused-ring (bicyclic) bond motifs is 1. The van der Waals surface area contributed by atoms with Gasteiger partial charge in [0.05, 0.1) is 20.3 Å². The number of methoxy groups -OCH3 is 2. The van der Waals surface area contributed by atoms with Crippen LogP contribution < -0.4 is 9.47 Å². The van der Waals surface area contributed by atoms with E-state index in [4.69, 9.17) is 9.47 Å². The van der Waals surface area contributed by atoms with Gasteiger partial charge in [-0.15, -0.1) is 0 Å². The molecule has 1 heterocycles. The second-order valence-corrected chi connectivity index (χ2v) is 9.78. The second-order valence-electron chi connectivity index (χ2n) is 9.78. The summed E-state index contributed by atoms with van der Waals surface area (Å²) in [4.78, 5) is 15.9. The molecule has 0 N–H and O–H groups in total. The van der Waals surface area contributed by atoms with Crippen molar-refractivity contribution < 1.29 is 14.3 Å². The lowest BCUT2D eigenvalue weighted by Gasteiger charge is -2.31. The summed E-state index contributed by atoms with van der Waals surface area (Å²) in [6.07, 6.45) is 5.46. The van der Waals surface area contributed by atoms with Crippen LogP contribution in [0.1, 0.15) is 36.1 Å². The fraction of sp³-hybridized carbons (Fsp3) is 0.323. The molecule has 1 saturated heterocycles. The first-order chi connectivity index (χ1) is 17.0. The lowest BCUT2D eigenvalue weighted by molar-refractivity contribution is -0.134. The molecule has 3 aromatic carbocycles. The summed E-state index contributed by atoms with van der Waals surface area (Å²) in [5, 5.41) is 0. The SMILES string of the molecule is COc1ccc(-c2ccc(OC)c([C@H]3[C@H]4C=CC[C@@H](C)[C@@H]4C(=O)N3Cc3ccccc3)c2)cc1C. The van der Waals surface area contributed by atoms with E-state index in [1.54, 1.807) is 14.2 Å². The number of hydrogen-bond acceptors (Lipinski definition) is 3. The second kappa shape index (κ2) is 9.61. The molecule has 1 amide bonds. The predicted octanol–water partition coefficient (Wildman–Crippen LogP) is 6.59. The van der Waals surface area contributed by atoms with Crippen molar-refractivity contribution in [3.63, 3.8) is 0 Å². The fourth-order valence-electron chi connectivity index (χ4n) is 5.88. The van der Waals surface area contributed by atoms with E-state index in [1.807, 2.05) is 30.3 Å². The van der Waals surface area contributed by atoms with Gasteiger partial charge in [-0.3, -0.25) is 4.79 Å². The van der Waals surface area contributed by atoms with Gasteiger partial charge in [-0.2, -0.15) is 0 Å². The highest BCUT2D eigenvalue weighted by Crippen LogP contribution is 2.51. The largest absolute Gasteiger partial charge is 0.496 e. The number of allylic oxidation sites excluding steroid dienone is 1. The van der Waals surface area contributed by atoms with Gasteiger partial charge in [0, 0.05) is 23.9 Å². The molecule has 0 radical (unpaired) electrons. The molecule has 0 spiro atoms. The maximum atomic E-state index is 13.8. The van der Waals surface area contributed by atoms with Gasteiger partial charge < -0.3 is 14.4 Å². The maximum absolute atomic E-state index is 13.8. The minimum atomic E-state index is -0.0825. The third-order valence-electron chi connectivity index (χ3n) is 7.63. The topological polar surface area (TPSA) is 38.8 Å². The molecule has 1 aliphatic heterocycles. The van der Waals surface area contributed by atoms with Crippen LogP contribution in [0.15, 0.2) is 78.9 Å². The molecule has 3 aromatic rings. The lowest BCUT2D eigenvalue weighted by Crippen LogP contribution is -2.30. The predicted molar refractivity (Wildman–Crippen MR) is 139 cm³/mol. The molecule has 0 unspecified atom stereocenters. The Morgan fingerprint density at radius 3 is 2.29 bits per heavy atom. The van der Waals surface area contributed by atoms with E-state index in [2.05, 4.69) is 67.3 Å². The Bertz CT molecular complexity index is 1250. The average Bonchev–Trinajstić information content (AvgIpc) is 3.16. The van der Waals surface area contributed by atoms with Crippen molar-refractivity contribution in [2.75, 3.05) is 14.2 Å². The molecular weight excluding hydrogens is 434 g/mol. The van der Waals surface area contributed by atoms with Crippen LogP contribution in [0.5, 0.6) is 11.5 Å². The summed E-state index contributed by atoms with van der Waals surface area (Å²) in [5.74, 6) is 2.37. The van der Waals surface area contributed by atoms with Crippen molar-refractivity contribution in [2.24, 2.45) is 17.8 Å². The highest BCUT2D eigenvalue weighted by atomic mass is 16.5. The van der Waals surface area contributed by atoms with Gasteiger partial charge in [-0.1, -0.05) is 61.5 Å². The van der Waals surface area contributed by atoms with Gasteiger partial charge in [-0.05, 0) is 65.8 Å². The van der Waals surface area contributed by atoms with E-state index in [-0.39, 0.29) is 23.8 Å². The molecule has 0 saturated carbocycles. The van der Waals surface area contributed by atoms with Crippen LogP contribution >= 0.6 is 0 Å². The Labute approximate surface area is 208 Å². The van der Waals surface area contributed by atoms with Crippen LogP contribution in [0.2, 0.25) is 0 Å². The number of nitrogens with zero attached hydrogens (tertiary/aromatic N) is 1. The van der Waals surface area contributed by atoms with Crippen molar-refractivity contribution in [2.45, 2.75) is 32.9 Å². The van der Waals surface area contributed by atoms with Gasteiger partial charge in [-0.25, -0.2) is 0 Å². The van der Waals surface area contributed by atoms with Gasteiger partial charge >= 0.3 is 0 Å². The van der Waals surface area contributed by atoms with Crippen LogP contribution in [0, 0.1) is 24.7 Å². The van der Waals surface area contributed by atoms with Crippen molar-refractivity contribution in [1.82, 2.24) is 4.90 Å². The zero-order valence-corrected chi connectivity index (χ0v) is 20.9. The monoisotopic (exact) mass is 467 g/mol. The van der Waals surface area contributed by atoms with E-state index >= 15 is 0 Å². The van der Waals surface area contributed by atoms with Crippen molar-refractivity contribution in [3.05, 3.63) is 95.6 Å². The first-order valence-electron chi connectivity index (χ1n) is 12.4. The van der Waals surface area contributed by atoms with Crippen molar-refractivity contribution in [3.8, 4) is 22.6 Å². The quantitative estimate of drug-likeness (QED) is 0.384. The highest BCUT2D eigenvalue weighted by Gasteiger charge is 2.51. The molecular formula is C31H33NO3. The number of aryl methyl sites for hydroxylation is 1. The number of benzene rings is 3. The number of hydrogen-bond donors (Lipinski definition) is 0. The van der Waals surface area contributed by atoms with Crippen LogP contribution in [0.3, 0.4) is 0 Å². The number of rotatable bonds is 6. The Morgan fingerprint density at radius 2 is 1.60 bits per heavy atom. The molecule has 0 aromatic heterocycles. The van der Waals surface area contributed by atoms with E-state index in [0.29, 0.717) is 12.5 Å². The first-order valence-corrected chi connectivity index (χ1v) is 12.4. The van der Waals surface area contributed by atoms with Crippen LogP contribution in [0.4, 0.5) is 0 Å². The fourth-order valence-corrected chi connectivity index (χ4v) is 5.88. The van der Waals surface area contributed by atoms with Gasteiger partial charge in [0.2, 0.25) is 5.91 Å². The molecule has 4 heteroatoms. The summed E-state index contributed by atoms with van der Waals surface area (Å²) in [6.45, 7) is 4.85. The third kappa shape index (κ3) is 4.22. The normalized spacial score (nSPS) is 23.3. The molecule has 180 valence electrons. The van der Waals surface area contributed by atoms with E-state index in [0.717, 1.165) is 45.7 Å². The summed E-state index contributed by atoms with van der Waals surface area (Å²) in [6, 6.07) is 22.8. The Kier molecular flexibility index (Phi) is 6.38. The number of carbonyl (C=O) groups is 1. The number of amides is 1. The van der Waals surface area contributed by atoms with Crippen LogP contribution in [-0.4, -0.2) is 25.0 Å². The minimum Gasteiger partial charge on any atom is -0.496 e. The number of carbonyl (C=O) groups excluding carboxylic acids is 1. The molecule has 1 fully saturated rings. The Morgan fingerprint density at radius 1 is 0.914 bits per heavy atom. The molecule has 0 bridgehead atoms. The summed E-state index contributed by atoms with van der Waals surface area (Å²) in [7, 11) is 3.41. The van der Waals surface area contributed by atoms with E-state index in [1.165, 1.54) is 0 Å². The standard InChI is InChI=1S/C31H33NO3/c1-20-9-8-12-25-29(20)31(33)32(19-22-10-6-5-7-11-22)30(25)26-18-24(14-16-28(26)35-4)23-13-15-27(34-3)21(2)17-23/h5-8,10-18,20,25,29-30H,9,19H2,1-4H3/t20-,25+,29+,30-/m1/s1. The number of likely N-dealkylation sites (tertiary alicyclic amines) is 1. The van der Waals surface area contributed by atoms with E-state index in [9.17, 15) is 4.79 Å². The molecule has 4 atom stereocenters. The molecule has 35 heavy (non-hydrogen) atoms. The zero-order valence-electron chi connectivity index (χ0n) is 20.9. The van der Waals surface area contributed by atoms with Gasteiger partial charge in [0.15, 0.2) is 0 Å². The Balaban J connectivity index is 1.62. The summed E-state index contributed by atoms with van der Waals surface area (Å²) in [5.41, 5.74) is 5.52. The van der Waals surface area contributed by atoms with Crippen molar-refractivity contribution >= 4 is 5.91 Å².